The number of hydrogen-bond donors (Lipinski definition) is 0. The molecule has 0 saturated carbocycles. The zero-order valence-corrected chi connectivity index (χ0v) is 46.6. The van der Waals surface area contributed by atoms with Crippen molar-refractivity contribution in [1.82, 2.24) is 9.55 Å². The van der Waals surface area contributed by atoms with E-state index >= 15 is 0 Å². The Balaban J connectivity index is 1.18. The van der Waals surface area contributed by atoms with Crippen molar-refractivity contribution in [1.29, 1.82) is 0 Å². The minimum absolute atomic E-state index is 0.0313. The van der Waals surface area contributed by atoms with Gasteiger partial charge in [0.1, 0.15) is 24.0 Å². The average Bonchev–Trinajstić information content (AvgIpc) is 3.91. The van der Waals surface area contributed by atoms with Crippen LogP contribution < -0.4 is 14.5 Å². The second-order valence-electron chi connectivity index (χ2n) is 25.0. The molecule has 5 heteroatoms. The third kappa shape index (κ3) is 9.29. The van der Waals surface area contributed by atoms with Gasteiger partial charge in [0.2, 0.25) is 0 Å². The number of benzene rings is 7. The molecule has 0 radical (unpaired) electrons. The van der Waals surface area contributed by atoms with Gasteiger partial charge in [-0.05, 0) is 145 Å². The van der Waals surface area contributed by atoms with Gasteiger partial charge in [0, 0.05) is 45.9 Å². The first-order valence-corrected chi connectivity index (χ1v) is 26.9. The Morgan fingerprint density at radius 1 is 0.459 bits per heavy atom. The highest BCUT2D eigenvalue weighted by Crippen LogP contribution is 2.52. The van der Waals surface area contributed by atoms with Crippen molar-refractivity contribution in [2.45, 2.75) is 137 Å². The molecular formula is C69H76N4O. The van der Waals surface area contributed by atoms with E-state index in [2.05, 4.69) is 276 Å². The molecule has 1 aliphatic rings. The summed E-state index contributed by atoms with van der Waals surface area (Å²) in [4.78, 5) is 10.1. The molecule has 0 amide bonds. The lowest BCUT2D eigenvalue weighted by molar-refractivity contribution is 0.483. The van der Waals surface area contributed by atoms with Crippen LogP contribution in [0.3, 0.4) is 0 Å². The zero-order valence-electron chi connectivity index (χ0n) is 46.6. The quantitative estimate of drug-likeness (QED) is 0.137. The SMILES string of the molecule is CC(C)c1cccc(C(C)C)c1-c1cc(Oc2ccc3c4ccccc4n(-c4cc(C(C)(C)C)ccn4)c3c2)cc(N2CN(c3cccc(C(C)(C)c4ccccc4)c3)c3cc(C(C)(C)C)c(C(C)(C)C)cc32)c1. The first-order chi connectivity index (χ1) is 35.0. The van der Waals surface area contributed by atoms with E-state index in [1.54, 1.807) is 0 Å². The number of ether oxygens (including phenoxy) is 1. The van der Waals surface area contributed by atoms with Crippen LogP contribution in [0.25, 0.3) is 38.8 Å². The van der Waals surface area contributed by atoms with Gasteiger partial charge in [-0.2, -0.15) is 0 Å². The Hall–Kier alpha value is -7.11. The fourth-order valence-corrected chi connectivity index (χ4v) is 11.3. The van der Waals surface area contributed by atoms with Gasteiger partial charge < -0.3 is 14.5 Å². The van der Waals surface area contributed by atoms with E-state index in [1.807, 2.05) is 6.20 Å². The minimum Gasteiger partial charge on any atom is -0.457 e. The van der Waals surface area contributed by atoms with E-state index in [-0.39, 0.29) is 21.7 Å². The van der Waals surface area contributed by atoms with Gasteiger partial charge in [-0.25, -0.2) is 4.98 Å². The number of fused-ring (bicyclic) bond motifs is 4. The van der Waals surface area contributed by atoms with Crippen molar-refractivity contribution < 1.29 is 4.74 Å². The van der Waals surface area contributed by atoms with Gasteiger partial charge in [-0.1, -0.05) is 183 Å². The monoisotopic (exact) mass is 977 g/mol. The predicted octanol–water partition coefficient (Wildman–Crippen LogP) is 19.4. The zero-order chi connectivity index (χ0) is 52.6. The molecule has 74 heavy (non-hydrogen) atoms. The van der Waals surface area contributed by atoms with E-state index in [1.165, 1.54) is 67.0 Å². The van der Waals surface area contributed by atoms with E-state index < -0.39 is 0 Å². The summed E-state index contributed by atoms with van der Waals surface area (Å²) in [6.07, 6.45) is 1.94. The number of aromatic nitrogens is 2. The molecule has 0 bridgehead atoms. The van der Waals surface area contributed by atoms with Crippen LogP contribution in [-0.2, 0) is 21.7 Å². The summed E-state index contributed by atoms with van der Waals surface area (Å²) in [7, 11) is 0. The highest BCUT2D eigenvalue weighted by atomic mass is 16.5. The van der Waals surface area contributed by atoms with Crippen LogP contribution in [0.1, 0.15) is 155 Å². The van der Waals surface area contributed by atoms with Crippen LogP contribution in [0, 0.1) is 0 Å². The molecule has 9 aromatic rings. The maximum Gasteiger partial charge on any atom is 0.137 e. The van der Waals surface area contributed by atoms with Gasteiger partial charge in [-0.15, -0.1) is 0 Å². The molecule has 7 aromatic carbocycles. The molecule has 0 fully saturated rings. The van der Waals surface area contributed by atoms with Crippen LogP contribution in [0.5, 0.6) is 11.5 Å². The smallest absolute Gasteiger partial charge is 0.137 e. The number of para-hydroxylation sites is 1. The van der Waals surface area contributed by atoms with Gasteiger partial charge in [-0.3, -0.25) is 4.57 Å². The summed E-state index contributed by atoms with van der Waals surface area (Å²) < 4.78 is 9.58. The molecule has 0 unspecified atom stereocenters. The Morgan fingerprint density at radius 2 is 1.05 bits per heavy atom. The van der Waals surface area contributed by atoms with Gasteiger partial charge in [0.05, 0.1) is 22.4 Å². The summed E-state index contributed by atoms with van der Waals surface area (Å²) in [5.41, 5.74) is 18.1. The van der Waals surface area contributed by atoms with Crippen molar-refractivity contribution in [3.63, 3.8) is 0 Å². The van der Waals surface area contributed by atoms with E-state index in [9.17, 15) is 0 Å². The highest BCUT2D eigenvalue weighted by molar-refractivity contribution is 6.09. The van der Waals surface area contributed by atoms with Crippen molar-refractivity contribution in [3.05, 3.63) is 203 Å². The van der Waals surface area contributed by atoms with Gasteiger partial charge in [0.15, 0.2) is 0 Å². The average molecular weight is 977 g/mol. The van der Waals surface area contributed by atoms with E-state index in [4.69, 9.17) is 9.72 Å². The first-order valence-electron chi connectivity index (χ1n) is 26.9. The number of pyridine rings is 1. The molecule has 1 aliphatic heterocycles. The molecule has 0 N–H and O–H groups in total. The summed E-state index contributed by atoms with van der Waals surface area (Å²) in [5.74, 6) is 3.07. The van der Waals surface area contributed by atoms with Crippen molar-refractivity contribution in [2.75, 3.05) is 16.5 Å². The van der Waals surface area contributed by atoms with E-state index in [0.717, 1.165) is 45.0 Å². The minimum atomic E-state index is -0.199. The number of anilines is 4. The maximum absolute atomic E-state index is 7.28. The highest BCUT2D eigenvalue weighted by Gasteiger charge is 2.36. The fraction of sp³-hybridized carbons (Fsp3) is 0.319. The Bertz CT molecular complexity index is 3530. The van der Waals surface area contributed by atoms with Crippen molar-refractivity contribution >= 4 is 44.6 Å². The van der Waals surface area contributed by atoms with Gasteiger partial charge >= 0.3 is 0 Å². The lowest BCUT2D eigenvalue weighted by atomic mass is 9.74. The number of nitrogens with zero attached hydrogens (tertiary/aromatic N) is 4. The van der Waals surface area contributed by atoms with Crippen molar-refractivity contribution in [2.24, 2.45) is 0 Å². The lowest BCUT2D eigenvalue weighted by Gasteiger charge is -2.32. The number of hydrogen-bond acceptors (Lipinski definition) is 4. The third-order valence-electron chi connectivity index (χ3n) is 15.6. The molecule has 0 atom stereocenters. The fourth-order valence-electron chi connectivity index (χ4n) is 11.3. The molecule has 5 nitrogen and oxygen atoms in total. The second kappa shape index (κ2) is 18.7. The molecule has 0 spiro atoms. The predicted molar refractivity (Wildman–Crippen MR) is 315 cm³/mol. The molecular weight excluding hydrogens is 901 g/mol. The Morgan fingerprint density at radius 3 is 1.69 bits per heavy atom. The van der Waals surface area contributed by atoms with E-state index in [0.29, 0.717) is 18.5 Å². The standard InChI is InChI=1S/C69H76N4O/c1-44(2)54-28-22-29-55(45(3)4)65(54)46-35-51(39-53(36-46)74-52-31-32-57-56-27-19-20-30-60(56)73(61(57)40-52)64-38-48(33-34-70-64)66(5,6)7)72-43-71(62-41-58(67(8,9)10)59(42-63(62)72)68(11,12)13)50-26-21-25-49(37-50)69(14,15)47-23-17-16-18-24-47/h16-42,44-45H,43H2,1-15H3. The molecule has 3 heterocycles. The van der Waals surface area contributed by atoms with Crippen LogP contribution in [0.2, 0.25) is 0 Å². The first kappa shape index (κ1) is 50.4. The van der Waals surface area contributed by atoms with Gasteiger partial charge in [0.25, 0.3) is 0 Å². The third-order valence-corrected chi connectivity index (χ3v) is 15.6. The molecule has 10 rings (SSSR count). The molecule has 0 aliphatic carbocycles. The Labute approximate surface area is 441 Å². The van der Waals surface area contributed by atoms with Crippen LogP contribution >= 0.6 is 0 Å². The van der Waals surface area contributed by atoms with Crippen LogP contribution in [-0.4, -0.2) is 16.2 Å². The summed E-state index contributed by atoms with van der Waals surface area (Å²) in [5, 5.41) is 2.34. The maximum atomic E-state index is 7.28. The molecule has 2 aromatic heterocycles. The molecule has 0 saturated heterocycles. The number of rotatable bonds is 10. The normalized spacial score (nSPS) is 13.5. The topological polar surface area (TPSA) is 33.5 Å². The molecule has 378 valence electrons. The Kier molecular flexibility index (Phi) is 12.7. The summed E-state index contributed by atoms with van der Waals surface area (Å²) >= 11 is 0. The van der Waals surface area contributed by atoms with Crippen LogP contribution in [0.4, 0.5) is 22.7 Å². The largest absolute Gasteiger partial charge is 0.457 e. The van der Waals surface area contributed by atoms with Crippen molar-refractivity contribution in [3.8, 4) is 28.4 Å². The second-order valence-corrected chi connectivity index (χ2v) is 25.0. The summed E-state index contributed by atoms with van der Waals surface area (Å²) in [6.45, 7) is 35.4. The lowest BCUT2D eigenvalue weighted by Crippen LogP contribution is -2.25. The summed E-state index contributed by atoms with van der Waals surface area (Å²) in [6, 6.07) is 58.5. The van der Waals surface area contributed by atoms with Crippen LogP contribution in [0.15, 0.2) is 164 Å².